The molecule has 16 heavy (non-hydrogen) atoms. The molecule has 1 atom stereocenters. The molecule has 0 aromatic heterocycles. The molecule has 0 radical (unpaired) electrons. The topological polar surface area (TPSA) is 55.8 Å². The van der Waals surface area contributed by atoms with E-state index in [1.165, 1.54) is 14.2 Å². The molecule has 0 aliphatic carbocycles. The highest BCUT2D eigenvalue weighted by atomic mass is 35.5. The monoisotopic (exact) mass is 244 g/mol. The Labute approximate surface area is 98.7 Å². The molecule has 1 unspecified atom stereocenters. The zero-order valence-corrected chi connectivity index (χ0v) is 9.82. The molecule has 1 rings (SSSR count). The molecule has 88 valence electrons. The minimum atomic E-state index is -0.991. The third kappa shape index (κ3) is 3.12. The van der Waals surface area contributed by atoms with Gasteiger partial charge >= 0.3 is 5.97 Å². The fraction of sp³-hybridized carbons (Fsp3) is 0.364. The van der Waals surface area contributed by atoms with E-state index in [1.54, 1.807) is 18.2 Å². The van der Waals surface area contributed by atoms with Crippen LogP contribution < -0.4 is 4.74 Å². The molecule has 1 N–H and O–H groups in total. The Balaban J connectivity index is 2.81. The number of carboxylic acid groups (broad SMARTS) is 1. The van der Waals surface area contributed by atoms with Gasteiger partial charge < -0.3 is 14.6 Å². The van der Waals surface area contributed by atoms with Crippen LogP contribution in [0.15, 0.2) is 18.2 Å². The fourth-order valence-electron chi connectivity index (χ4n) is 1.32. The molecule has 0 amide bonds. The molecule has 4 nitrogen and oxygen atoms in total. The lowest BCUT2D eigenvalue weighted by Gasteiger charge is -2.11. The Bertz CT molecular complexity index is 378. The number of carbonyl (C=O) groups is 1. The van der Waals surface area contributed by atoms with Crippen LogP contribution in [0.5, 0.6) is 5.75 Å². The van der Waals surface area contributed by atoms with E-state index >= 15 is 0 Å². The number of halogens is 1. The summed E-state index contributed by atoms with van der Waals surface area (Å²) < 4.78 is 9.84. The van der Waals surface area contributed by atoms with Crippen LogP contribution in [0, 0.1) is 0 Å². The summed E-state index contributed by atoms with van der Waals surface area (Å²) in [5.74, 6) is -0.427. The number of methoxy groups -OCH3 is 2. The first kappa shape index (κ1) is 12.8. The van der Waals surface area contributed by atoms with Crippen LogP contribution in [0.3, 0.4) is 0 Å². The van der Waals surface area contributed by atoms with E-state index in [2.05, 4.69) is 0 Å². The van der Waals surface area contributed by atoms with Gasteiger partial charge in [-0.25, -0.2) is 4.79 Å². The van der Waals surface area contributed by atoms with Crippen molar-refractivity contribution in [3.63, 3.8) is 0 Å². The lowest BCUT2D eigenvalue weighted by atomic mass is 10.1. The van der Waals surface area contributed by atoms with E-state index in [4.69, 9.17) is 26.2 Å². The number of hydrogen-bond acceptors (Lipinski definition) is 3. The van der Waals surface area contributed by atoms with Gasteiger partial charge in [-0.15, -0.1) is 0 Å². The van der Waals surface area contributed by atoms with E-state index in [0.29, 0.717) is 10.8 Å². The summed E-state index contributed by atoms with van der Waals surface area (Å²) in [4.78, 5) is 10.8. The molecule has 0 saturated carbocycles. The standard InChI is InChI=1S/C11H13ClO4/c1-15-9-4-3-7(5-8(9)12)6-10(16-2)11(13)14/h3-5,10H,6H2,1-2H3,(H,13,14). The number of hydrogen-bond donors (Lipinski definition) is 1. The van der Waals surface area contributed by atoms with Crippen LogP contribution in [0.4, 0.5) is 0 Å². The Hall–Kier alpha value is -1.26. The number of benzene rings is 1. The molecular weight excluding hydrogens is 232 g/mol. The normalized spacial score (nSPS) is 12.2. The van der Waals surface area contributed by atoms with Crippen molar-refractivity contribution >= 4 is 17.6 Å². The molecule has 0 aliphatic rings. The van der Waals surface area contributed by atoms with E-state index in [-0.39, 0.29) is 6.42 Å². The second kappa shape index (κ2) is 5.72. The highest BCUT2D eigenvalue weighted by Gasteiger charge is 2.17. The van der Waals surface area contributed by atoms with E-state index in [0.717, 1.165) is 5.56 Å². The largest absolute Gasteiger partial charge is 0.495 e. The average Bonchev–Trinajstić information content (AvgIpc) is 2.25. The lowest BCUT2D eigenvalue weighted by Crippen LogP contribution is -2.24. The van der Waals surface area contributed by atoms with Crippen molar-refractivity contribution < 1.29 is 19.4 Å². The summed E-state index contributed by atoms with van der Waals surface area (Å²) in [6.45, 7) is 0. The van der Waals surface area contributed by atoms with Crippen molar-refractivity contribution in [2.75, 3.05) is 14.2 Å². The molecule has 1 aromatic rings. The molecule has 0 bridgehead atoms. The number of carboxylic acids is 1. The molecule has 0 aliphatic heterocycles. The zero-order valence-electron chi connectivity index (χ0n) is 9.07. The fourth-order valence-corrected chi connectivity index (χ4v) is 1.60. The van der Waals surface area contributed by atoms with Gasteiger partial charge in [0, 0.05) is 13.5 Å². The van der Waals surface area contributed by atoms with Crippen LogP contribution in [-0.2, 0) is 16.0 Å². The van der Waals surface area contributed by atoms with Crippen LogP contribution in [0.1, 0.15) is 5.56 Å². The first-order valence-electron chi connectivity index (χ1n) is 4.66. The van der Waals surface area contributed by atoms with Gasteiger partial charge in [-0.2, -0.15) is 0 Å². The highest BCUT2D eigenvalue weighted by Crippen LogP contribution is 2.25. The van der Waals surface area contributed by atoms with Gasteiger partial charge in [-0.05, 0) is 17.7 Å². The highest BCUT2D eigenvalue weighted by molar-refractivity contribution is 6.32. The molecule has 0 heterocycles. The maximum atomic E-state index is 10.8. The molecule has 0 saturated heterocycles. The predicted octanol–water partition coefficient (Wildman–Crippen LogP) is 1.99. The predicted molar refractivity (Wildman–Crippen MR) is 60.1 cm³/mol. The summed E-state index contributed by atoms with van der Waals surface area (Å²) in [5.41, 5.74) is 0.792. The summed E-state index contributed by atoms with van der Waals surface area (Å²) in [7, 11) is 2.89. The minimum Gasteiger partial charge on any atom is -0.495 e. The van der Waals surface area contributed by atoms with Gasteiger partial charge in [-0.3, -0.25) is 0 Å². The number of aliphatic carboxylic acids is 1. The summed E-state index contributed by atoms with van der Waals surface area (Å²) >= 11 is 5.92. The van der Waals surface area contributed by atoms with Crippen molar-refractivity contribution in [3.05, 3.63) is 28.8 Å². The number of ether oxygens (including phenoxy) is 2. The third-order valence-corrected chi connectivity index (χ3v) is 2.49. The Kier molecular flexibility index (Phi) is 4.58. The molecule has 5 heteroatoms. The van der Waals surface area contributed by atoms with Crippen molar-refractivity contribution in [1.29, 1.82) is 0 Å². The van der Waals surface area contributed by atoms with Crippen molar-refractivity contribution in [2.45, 2.75) is 12.5 Å². The first-order chi connectivity index (χ1) is 7.58. The Morgan fingerprint density at radius 2 is 2.19 bits per heavy atom. The Morgan fingerprint density at radius 1 is 1.50 bits per heavy atom. The van der Waals surface area contributed by atoms with E-state index < -0.39 is 12.1 Å². The molecule has 1 aromatic carbocycles. The van der Waals surface area contributed by atoms with E-state index in [9.17, 15) is 4.79 Å². The van der Waals surface area contributed by atoms with Crippen LogP contribution in [0.25, 0.3) is 0 Å². The second-order valence-electron chi connectivity index (χ2n) is 3.24. The van der Waals surface area contributed by atoms with Gasteiger partial charge in [0.05, 0.1) is 12.1 Å². The van der Waals surface area contributed by atoms with Gasteiger partial charge in [0.15, 0.2) is 6.10 Å². The zero-order chi connectivity index (χ0) is 12.1. The SMILES string of the molecule is COc1ccc(CC(OC)C(=O)O)cc1Cl. The van der Waals surface area contributed by atoms with Crippen molar-refractivity contribution in [2.24, 2.45) is 0 Å². The van der Waals surface area contributed by atoms with Crippen LogP contribution >= 0.6 is 11.6 Å². The average molecular weight is 245 g/mol. The number of rotatable bonds is 5. The lowest BCUT2D eigenvalue weighted by molar-refractivity contribution is -0.148. The maximum Gasteiger partial charge on any atom is 0.333 e. The van der Waals surface area contributed by atoms with Gasteiger partial charge in [0.1, 0.15) is 5.75 Å². The quantitative estimate of drug-likeness (QED) is 0.861. The van der Waals surface area contributed by atoms with Crippen LogP contribution in [-0.4, -0.2) is 31.4 Å². The van der Waals surface area contributed by atoms with Gasteiger partial charge in [0.2, 0.25) is 0 Å². The summed E-state index contributed by atoms with van der Waals surface area (Å²) in [5, 5.41) is 9.28. The summed E-state index contributed by atoms with van der Waals surface area (Å²) in [6.07, 6.45) is -0.584. The maximum absolute atomic E-state index is 10.8. The Morgan fingerprint density at radius 3 is 2.62 bits per heavy atom. The third-order valence-electron chi connectivity index (χ3n) is 2.20. The van der Waals surface area contributed by atoms with E-state index in [1.807, 2.05) is 0 Å². The summed E-state index contributed by atoms with van der Waals surface area (Å²) in [6, 6.07) is 5.14. The molecule has 0 fully saturated rings. The second-order valence-corrected chi connectivity index (χ2v) is 3.64. The minimum absolute atomic E-state index is 0.273. The molecule has 0 spiro atoms. The van der Waals surface area contributed by atoms with Crippen molar-refractivity contribution in [1.82, 2.24) is 0 Å². The van der Waals surface area contributed by atoms with Gasteiger partial charge in [0.25, 0.3) is 0 Å². The smallest absolute Gasteiger partial charge is 0.333 e. The van der Waals surface area contributed by atoms with Gasteiger partial charge in [-0.1, -0.05) is 17.7 Å². The van der Waals surface area contributed by atoms with Crippen molar-refractivity contribution in [3.8, 4) is 5.75 Å². The first-order valence-corrected chi connectivity index (χ1v) is 5.04. The van der Waals surface area contributed by atoms with Crippen LogP contribution in [0.2, 0.25) is 5.02 Å². The molecular formula is C11H13ClO4.